The van der Waals surface area contributed by atoms with Gasteiger partial charge in [-0.3, -0.25) is 14.7 Å². The molecule has 0 fully saturated rings. The molecule has 0 spiro atoms. The number of hydrogen-bond acceptors (Lipinski definition) is 4. The van der Waals surface area contributed by atoms with Crippen molar-refractivity contribution in [2.45, 2.75) is 20.0 Å². The summed E-state index contributed by atoms with van der Waals surface area (Å²) in [6.45, 7) is 2.29. The second-order valence-electron chi connectivity index (χ2n) is 5.08. The molecule has 2 aromatic rings. The predicted molar refractivity (Wildman–Crippen MR) is 85.7 cm³/mol. The van der Waals surface area contributed by atoms with Crippen LogP contribution >= 0.6 is 23.2 Å². The molecule has 0 radical (unpaired) electrons. The number of aromatic hydroxyl groups is 1. The topological polar surface area (TPSA) is 89.2 Å². The van der Waals surface area contributed by atoms with E-state index in [1.54, 1.807) is 24.9 Å². The summed E-state index contributed by atoms with van der Waals surface area (Å²) < 4.78 is 0. The number of aryl methyl sites for hydroxylation is 1. The third-order valence-electron chi connectivity index (χ3n) is 3.23. The van der Waals surface area contributed by atoms with Gasteiger partial charge in [0.1, 0.15) is 5.75 Å². The lowest BCUT2D eigenvalue weighted by Crippen LogP contribution is -2.30. The highest BCUT2D eigenvalue weighted by molar-refractivity contribution is 6.35. The van der Waals surface area contributed by atoms with Gasteiger partial charge in [-0.2, -0.15) is 0 Å². The summed E-state index contributed by atoms with van der Waals surface area (Å²) in [5, 5.41) is 10.5. The fourth-order valence-electron chi connectivity index (χ4n) is 2.17. The van der Waals surface area contributed by atoms with Crippen LogP contribution in [0.2, 0.25) is 10.0 Å². The largest absolute Gasteiger partial charge is 0.506 e. The average Bonchev–Trinajstić information content (AvgIpc) is 2.39. The third-order valence-corrected chi connectivity index (χ3v) is 3.74. The molecule has 0 saturated heterocycles. The van der Waals surface area contributed by atoms with Gasteiger partial charge in [-0.15, -0.1) is 0 Å². The van der Waals surface area contributed by atoms with E-state index in [1.807, 2.05) is 0 Å². The molecule has 2 rings (SSSR count). The molecule has 1 aromatic carbocycles. The van der Waals surface area contributed by atoms with Gasteiger partial charge in [0.2, 0.25) is 0 Å². The van der Waals surface area contributed by atoms with Crippen molar-refractivity contribution in [3.63, 3.8) is 0 Å². The van der Waals surface area contributed by atoms with Crippen LogP contribution in [0.25, 0.3) is 0 Å². The first-order valence-electron chi connectivity index (χ1n) is 6.45. The van der Waals surface area contributed by atoms with Crippen LogP contribution in [0.15, 0.2) is 21.7 Å². The molecule has 6 nitrogen and oxygen atoms in total. The van der Waals surface area contributed by atoms with E-state index in [9.17, 15) is 14.7 Å². The van der Waals surface area contributed by atoms with Crippen LogP contribution in [-0.4, -0.2) is 27.0 Å². The number of benzene rings is 1. The lowest BCUT2D eigenvalue weighted by molar-refractivity contribution is 0.310. The van der Waals surface area contributed by atoms with Gasteiger partial charge in [-0.1, -0.05) is 23.2 Å². The number of hydrogen-bond donors (Lipinski definition) is 3. The quantitative estimate of drug-likeness (QED) is 0.792. The molecule has 0 aliphatic heterocycles. The fraction of sp³-hybridized carbons (Fsp3) is 0.286. The van der Waals surface area contributed by atoms with Crippen LogP contribution in [0, 0.1) is 6.92 Å². The minimum atomic E-state index is -0.534. The van der Waals surface area contributed by atoms with E-state index >= 15 is 0 Å². The minimum Gasteiger partial charge on any atom is -0.506 e. The van der Waals surface area contributed by atoms with Crippen molar-refractivity contribution < 1.29 is 5.11 Å². The van der Waals surface area contributed by atoms with Crippen molar-refractivity contribution >= 4 is 23.2 Å². The van der Waals surface area contributed by atoms with Gasteiger partial charge in [0, 0.05) is 29.4 Å². The highest BCUT2D eigenvalue weighted by Gasteiger charge is 2.13. The molecule has 8 heteroatoms. The maximum Gasteiger partial charge on any atom is 0.325 e. The number of phenols is 1. The van der Waals surface area contributed by atoms with Crippen molar-refractivity contribution in [2.24, 2.45) is 0 Å². The first-order valence-corrected chi connectivity index (χ1v) is 7.21. The van der Waals surface area contributed by atoms with Gasteiger partial charge >= 0.3 is 5.69 Å². The standard InChI is InChI=1S/C14H15Cl2N3O3/c1-7-10(13(21)18-14(22)17-7)6-19(2)5-8-3-9(15)4-11(16)12(8)20/h3-4,20H,5-6H2,1-2H3,(H2,17,18,21,22). The maximum atomic E-state index is 11.8. The first kappa shape index (κ1) is 16.6. The van der Waals surface area contributed by atoms with Crippen LogP contribution in [0.4, 0.5) is 0 Å². The van der Waals surface area contributed by atoms with Gasteiger partial charge < -0.3 is 10.1 Å². The fourth-order valence-corrected chi connectivity index (χ4v) is 2.71. The first-order chi connectivity index (χ1) is 10.3. The molecule has 0 unspecified atom stereocenters. The molecule has 3 N–H and O–H groups in total. The smallest absolute Gasteiger partial charge is 0.325 e. The number of H-pyrrole nitrogens is 2. The highest BCUT2D eigenvalue weighted by atomic mass is 35.5. The normalized spacial score (nSPS) is 11.1. The summed E-state index contributed by atoms with van der Waals surface area (Å²) in [7, 11) is 1.78. The minimum absolute atomic E-state index is 0.0370. The van der Waals surface area contributed by atoms with Crippen LogP contribution in [0.1, 0.15) is 16.8 Å². The van der Waals surface area contributed by atoms with Crippen molar-refractivity contribution in [1.82, 2.24) is 14.9 Å². The zero-order chi connectivity index (χ0) is 16.4. The summed E-state index contributed by atoms with van der Waals surface area (Å²) >= 11 is 11.8. The Labute approximate surface area is 136 Å². The van der Waals surface area contributed by atoms with E-state index in [1.165, 1.54) is 6.07 Å². The molecule has 1 heterocycles. The Hall–Kier alpha value is -1.76. The Morgan fingerprint density at radius 2 is 1.86 bits per heavy atom. The van der Waals surface area contributed by atoms with Gasteiger partial charge in [0.05, 0.1) is 10.6 Å². The lowest BCUT2D eigenvalue weighted by atomic mass is 10.1. The Bertz CT molecular complexity index is 814. The van der Waals surface area contributed by atoms with Gasteiger partial charge in [0.25, 0.3) is 5.56 Å². The zero-order valence-corrected chi connectivity index (χ0v) is 13.5. The Morgan fingerprint density at radius 3 is 2.50 bits per heavy atom. The molecular formula is C14H15Cl2N3O3. The van der Waals surface area contributed by atoms with Gasteiger partial charge in [-0.25, -0.2) is 4.79 Å². The summed E-state index contributed by atoms with van der Waals surface area (Å²) in [5.74, 6) is -0.0370. The number of nitrogens with one attached hydrogen (secondary N) is 2. The number of rotatable bonds is 4. The van der Waals surface area contributed by atoms with E-state index in [0.717, 1.165) is 0 Å². The van der Waals surface area contributed by atoms with Crippen LogP contribution in [-0.2, 0) is 13.1 Å². The number of halogens is 2. The number of phenolic OH excluding ortho intramolecular Hbond substituents is 1. The van der Waals surface area contributed by atoms with Crippen molar-refractivity contribution in [3.8, 4) is 5.75 Å². The van der Waals surface area contributed by atoms with Gasteiger partial charge in [-0.05, 0) is 26.1 Å². The summed E-state index contributed by atoms with van der Waals surface area (Å²) in [6, 6.07) is 3.07. The summed E-state index contributed by atoms with van der Waals surface area (Å²) in [4.78, 5) is 29.5. The highest BCUT2D eigenvalue weighted by Crippen LogP contribution is 2.31. The van der Waals surface area contributed by atoms with Crippen molar-refractivity contribution in [1.29, 1.82) is 0 Å². The number of aromatic nitrogens is 2. The average molecular weight is 344 g/mol. The molecule has 0 atom stereocenters. The number of nitrogens with zero attached hydrogens (tertiary/aromatic N) is 1. The van der Waals surface area contributed by atoms with E-state index in [2.05, 4.69) is 9.97 Å². The summed E-state index contributed by atoms with van der Waals surface area (Å²) in [6.07, 6.45) is 0. The molecule has 0 bridgehead atoms. The molecule has 0 aliphatic rings. The third kappa shape index (κ3) is 3.71. The van der Waals surface area contributed by atoms with E-state index in [0.29, 0.717) is 34.9 Å². The second kappa shape index (κ2) is 6.56. The Morgan fingerprint density at radius 1 is 1.18 bits per heavy atom. The van der Waals surface area contributed by atoms with E-state index in [-0.39, 0.29) is 10.8 Å². The van der Waals surface area contributed by atoms with Crippen LogP contribution in [0.3, 0.4) is 0 Å². The van der Waals surface area contributed by atoms with Crippen molar-refractivity contribution in [3.05, 3.63) is 59.8 Å². The van der Waals surface area contributed by atoms with E-state index < -0.39 is 11.2 Å². The van der Waals surface area contributed by atoms with Gasteiger partial charge in [0.15, 0.2) is 0 Å². The molecule has 0 amide bonds. The molecule has 1 aromatic heterocycles. The van der Waals surface area contributed by atoms with Crippen molar-refractivity contribution in [2.75, 3.05) is 7.05 Å². The Kier molecular flexibility index (Phi) is 4.95. The molecule has 0 saturated carbocycles. The SMILES string of the molecule is Cc1[nH]c(=O)[nH]c(=O)c1CN(C)Cc1cc(Cl)cc(Cl)c1O. The molecule has 0 aliphatic carbocycles. The lowest BCUT2D eigenvalue weighted by Gasteiger charge is -2.18. The number of aromatic amines is 2. The zero-order valence-electron chi connectivity index (χ0n) is 12.0. The van der Waals surface area contributed by atoms with Crippen LogP contribution < -0.4 is 11.2 Å². The second-order valence-corrected chi connectivity index (χ2v) is 5.92. The maximum absolute atomic E-state index is 11.8. The monoisotopic (exact) mass is 343 g/mol. The Balaban J connectivity index is 2.23. The van der Waals surface area contributed by atoms with Crippen LogP contribution in [0.5, 0.6) is 5.75 Å². The molecule has 22 heavy (non-hydrogen) atoms. The van der Waals surface area contributed by atoms with E-state index in [4.69, 9.17) is 23.2 Å². The predicted octanol–water partition coefficient (Wildman–Crippen LogP) is 2.02. The molecular weight excluding hydrogens is 329 g/mol. The molecule has 118 valence electrons. The summed E-state index contributed by atoms with van der Waals surface area (Å²) in [5.41, 5.74) is 0.553.